The summed E-state index contributed by atoms with van der Waals surface area (Å²) in [4.78, 5) is 44.1. The van der Waals surface area contributed by atoms with Crippen molar-refractivity contribution >= 4 is 17.8 Å². The topological polar surface area (TPSA) is 118 Å². The van der Waals surface area contributed by atoms with Gasteiger partial charge in [-0.3, -0.25) is 19.6 Å². The molecule has 0 aliphatic carbocycles. The number of amides is 4. The van der Waals surface area contributed by atoms with Gasteiger partial charge in [-0.1, -0.05) is 0 Å². The van der Waals surface area contributed by atoms with Gasteiger partial charge in [-0.15, -0.1) is 0 Å². The number of hydrogen-bond acceptors (Lipinski definition) is 7. The lowest BCUT2D eigenvalue weighted by atomic mass is 10.0. The average Bonchev–Trinajstić information content (AvgIpc) is 2.55. The smallest absolute Gasteiger partial charge is 0.337 e. The summed E-state index contributed by atoms with van der Waals surface area (Å²) in [5.41, 5.74) is -1.38. The van der Waals surface area contributed by atoms with Crippen LogP contribution in [-0.2, 0) is 24.1 Å². The van der Waals surface area contributed by atoms with E-state index in [2.05, 4.69) is 14.5 Å². The Morgan fingerprint density at radius 1 is 1.35 bits per heavy atom. The first-order valence-corrected chi connectivity index (χ1v) is 4.74. The van der Waals surface area contributed by atoms with E-state index >= 15 is 0 Å². The van der Waals surface area contributed by atoms with E-state index in [0.717, 1.165) is 0 Å². The third-order valence-corrected chi connectivity index (χ3v) is 2.95. The van der Waals surface area contributed by atoms with Crippen LogP contribution in [0.2, 0.25) is 0 Å². The van der Waals surface area contributed by atoms with Crippen LogP contribution in [0.4, 0.5) is 4.79 Å². The van der Waals surface area contributed by atoms with Crippen molar-refractivity contribution in [1.29, 1.82) is 0 Å². The normalized spacial score (nSPS) is 41.7. The van der Waals surface area contributed by atoms with Gasteiger partial charge in [0, 0.05) is 0 Å². The molecule has 3 fully saturated rings. The van der Waals surface area contributed by atoms with Gasteiger partial charge in [-0.25, -0.2) is 9.69 Å². The standard InChI is InChI=1S/C8H8N2O7/c1-6(2)3(11)9-5(13)10(6)4(12)7-8(14,15-7)17-16-7/h14H,1-2H3,(H,9,11,13). The van der Waals surface area contributed by atoms with E-state index in [-0.39, 0.29) is 0 Å². The van der Waals surface area contributed by atoms with Crippen molar-refractivity contribution in [3.8, 4) is 0 Å². The van der Waals surface area contributed by atoms with Gasteiger partial charge in [-0.2, -0.15) is 9.78 Å². The van der Waals surface area contributed by atoms with Crippen molar-refractivity contribution in [2.24, 2.45) is 0 Å². The van der Waals surface area contributed by atoms with Crippen LogP contribution in [0.3, 0.4) is 0 Å². The highest BCUT2D eigenvalue weighted by molar-refractivity contribution is 6.15. The van der Waals surface area contributed by atoms with Crippen molar-refractivity contribution in [2.45, 2.75) is 31.1 Å². The number of nitrogens with one attached hydrogen (secondary N) is 1. The van der Waals surface area contributed by atoms with E-state index < -0.39 is 35.1 Å². The highest BCUT2D eigenvalue weighted by Gasteiger charge is 2.91. The lowest BCUT2D eigenvalue weighted by Gasteiger charge is -2.30. The van der Waals surface area contributed by atoms with Crippen LogP contribution in [0.25, 0.3) is 0 Å². The zero-order valence-corrected chi connectivity index (χ0v) is 8.84. The van der Waals surface area contributed by atoms with Crippen molar-refractivity contribution in [1.82, 2.24) is 10.2 Å². The van der Waals surface area contributed by atoms with Crippen molar-refractivity contribution in [3.05, 3.63) is 0 Å². The fourth-order valence-corrected chi connectivity index (χ4v) is 1.76. The number of aliphatic hydroxyl groups is 1. The van der Waals surface area contributed by atoms with Gasteiger partial charge >= 0.3 is 23.7 Å². The van der Waals surface area contributed by atoms with Gasteiger partial charge < -0.3 is 5.11 Å². The Labute approximate surface area is 94.1 Å². The molecule has 0 spiro atoms. The molecule has 3 rings (SSSR count). The summed E-state index contributed by atoms with van der Waals surface area (Å²) < 4.78 is 4.58. The van der Waals surface area contributed by atoms with Gasteiger partial charge in [-0.05, 0) is 13.8 Å². The Morgan fingerprint density at radius 3 is 2.29 bits per heavy atom. The molecule has 0 bridgehead atoms. The first-order valence-electron chi connectivity index (χ1n) is 4.74. The Kier molecular flexibility index (Phi) is 1.55. The van der Waals surface area contributed by atoms with Crippen LogP contribution in [-0.4, -0.2) is 45.2 Å². The van der Waals surface area contributed by atoms with E-state index in [1.807, 2.05) is 5.32 Å². The van der Waals surface area contributed by atoms with Crippen LogP contribution in [0.15, 0.2) is 0 Å². The minimum atomic E-state index is -2.15. The lowest BCUT2D eigenvalue weighted by Crippen LogP contribution is -2.59. The number of carbonyl (C=O) groups excluding carboxylic acids is 3. The van der Waals surface area contributed by atoms with Crippen LogP contribution < -0.4 is 5.32 Å². The maximum Gasteiger partial charge on any atom is 0.381 e. The van der Waals surface area contributed by atoms with Gasteiger partial charge in [0.1, 0.15) is 5.54 Å². The fraction of sp³-hybridized carbons (Fsp3) is 0.625. The first-order chi connectivity index (χ1) is 7.75. The molecule has 0 aromatic carbocycles. The number of imide groups is 2. The second-order valence-corrected chi connectivity index (χ2v) is 4.43. The number of ether oxygens (including phenoxy) is 1. The van der Waals surface area contributed by atoms with Gasteiger partial charge in [0.05, 0.1) is 0 Å². The number of urea groups is 1. The zero-order valence-electron chi connectivity index (χ0n) is 8.84. The lowest BCUT2D eigenvalue weighted by molar-refractivity contribution is -0.502. The Balaban J connectivity index is 1.93. The number of fused-ring (bicyclic) bond motifs is 1. The van der Waals surface area contributed by atoms with Crippen LogP contribution in [0.5, 0.6) is 0 Å². The summed E-state index contributed by atoms with van der Waals surface area (Å²) in [6, 6.07) is -0.896. The predicted octanol–water partition coefficient (Wildman–Crippen LogP) is -1.82. The highest BCUT2D eigenvalue weighted by atomic mass is 17.4. The molecule has 3 aliphatic rings. The molecule has 3 aliphatic heterocycles. The van der Waals surface area contributed by atoms with Crippen LogP contribution >= 0.6 is 0 Å². The zero-order chi connectivity index (χ0) is 12.6. The van der Waals surface area contributed by atoms with Crippen LogP contribution in [0, 0.1) is 0 Å². The van der Waals surface area contributed by atoms with E-state index in [1.165, 1.54) is 13.8 Å². The molecule has 0 aromatic heterocycles. The summed E-state index contributed by atoms with van der Waals surface area (Å²) in [6.45, 7) is 2.76. The molecular formula is C8H8N2O7. The number of nitrogens with zero attached hydrogens (tertiary/aromatic N) is 1. The van der Waals surface area contributed by atoms with Crippen molar-refractivity contribution in [3.63, 3.8) is 0 Å². The van der Waals surface area contributed by atoms with E-state index in [0.29, 0.717) is 4.90 Å². The van der Waals surface area contributed by atoms with E-state index in [4.69, 9.17) is 0 Å². The molecule has 0 saturated carbocycles. The molecule has 0 aromatic rings. The molecule has 3 saturated heterocycles. The monoisotopic (exact) mass is 244 g/mol. The van der Waals surface area contributed by atoms with Gasteiger partial charge in [0.25, 0.3) is 5.91 Å². The SMILES string of the molecule is CC1(C)C(=O)NC(=O)N1C(=O)C12OOC1(O)O2. The minimum Gasteiger partial charge on any atom is -0.337 e. The Bertz CT molecular complexity index is 474. The molecule has 2 unspecified atom stereocenters. The second kappa shape index (κ2) is 2.48. The summed E-state index contributed by atoms with van der Waals surface area (Å²) in [5, 5.41) is 11.3. The largest absolute Gasteiger partial charge is 0.381 e. The highest BCUT2D eigenvalue weighted by Crippen LogP contribution is 2.58. The average molecular weight is 244 g/mol. The predicted molar refractivity (Wildman–Crippen MR) is 45.4 cm³/mol. The molecule has 4 amide bonds. The van der Waals surface area contributed by atoms with Crippen molar-refractivity contribution < 1.29 is 34.0 Å². The molecule has 0 radical (unpaired) electrons. The second-order valence-electron chi connectivity index (χ2n) is 4.43. The van der Waals surface area contributed by atoms with Gasteiger partial charge in [0.2, 0.25) is 0 Å². The molecule has 9 heteroatoms. The number of rotatable bonds is 1. The molecule has 17 heavy (non-hydrogen) atoms. The molecule has 2 N–H and O–H groups in total. The minimum absolute atomic E-state index is 0.628. The summed E-state index contributed by atoms with van der Waals surface area (Å²) in [7, 11) is 0. The molecule has 3 heterocycles. The number of hydrogen-bond donors (Lipinski definition) is 2. The maximum absolute atomic E-state index is 12.0. The van der Waals surface area contributed by atoms with E-state index in [9.17, 15) is 19.5 Å². The summed E-state index contributed by atoms with van der Waals surface area (Å²) >= 11 is 0. The number of carbonyl (C=O) groups is 3. The quantitative estimate of drug-likeness (QED) is 0.316. The molecule has 9 nitrogen and oxygen atoms in total. The third kappa shape index (κ3) is 0.954. The number of epoxide rings is 1. The summed E-state index contributed by atoms with van der Waals surface area (Å²) in [6.07, 6.45) is 0. The van der Waals surface area contributed by atoms with Crippen LogP contribution in [0.1, 0.15) is 13.8 Å². The molecule has 92 valence electrons. The Morgan fingerprint density at radius 2 is 2.00 bits per heavy atom. The van der Waals surface area contributed by atoms with E-state index in [1.54, 1.807) is 0 Å². The molecule has 2 atom stereocenters. The summed E-state index contributed by atoms with van der Waals surface area (Å²) in [5.74, 6) is -5.78. The van der Waals surface area contributed by atoms with Gasteiger partial charge in [0.15, 0.2) is 0 Å². The maximum atomic E-state index is 12.0. The Hall–Kier alpha value is -1.55. The third-order valence-electron chi connectivity index (χ3n) is 2.95. The fourth-order valence-electron chi connectivity index (χ4n) is 1.76. The van der Waals surface area contributed by atoms with Crippen molar-refractivity contribution in [2.75, 3.05) is 0 Å². The molecular weight excluding hydrogens is 236 g/mol. The first kappa shape index (κ1) is 10.6.